The molecule has 0 bridgehead atoms. The van der Waals surface area contributed by atoms with Crippen LogP contribution in [0.15, 0.2) is 40.9 Å². The molecule has 0 aromatic heterocycles. The van der Waals surface area contributed by atoms with Crippen LogP contribution in [0.2, 0.25) is 0 Å². The van der Waals surface area contributed by atoms with Crippen molar-refractivity contribution in [3.63, 3.8) is 0 Å². The third-order valence-electron chi connectivity index (χ3n) is 7.91. The average Bonchev–Trinajstić information content (AvgIpc) is 3.32. The van der Waals surface area contributed by atoms with Crippen LogP contribution in [-0.2, 0) is 0 Å². The quantitative estimate of drug-likeness (QED) is 0.396. The molecule has 5 rings (SSSR count). The molecule has 7 heteroatoms. The first-order chi connectivity index (χ1) is 16.6. The fourth-order valence-electron chi connectivity index (χ4n) is 5.58. The highest BCUT2D eigenvalue weighted by molar-refractivity contribution is 14.1. The fourth-order valence-corrected chi connectivity index (χ4v) is 5.99. The van der Waals surface area contributed by atoms with Gasteiger partial charge in [0.2, 0.25) is 0 Å². The van der Waals surface area contributed by atoms with Gasteiger partial charge in [-0.05, 0) is 80.1 Å². The van der Waals surface area contributed by atoms with Crippen molar-refractivity contribution in [2.24, 2.45) is 16.8 Å². The van der Waals surface area contributed by atoms with Gasteiger partial charge >= 0.3 is 0 Å². The number of alkyl halides is 1. The number of halogens is 1. The molecule has 2 fully saturated rings. The van der Waals surface area contributed by atoms with Crippen LogP contribution in [0.5, 0.6) is 0 Å². The van der Waals surface area contributed by atoms with E-state index < -0.39 is 0 Å². The molecule has 1 aromatic rings. The number of hydrogen-bond donors (Lipinski definition) is 2. The van der Waals surface area contributed by atoms with Crippen molar-refractivity contribution in [1.29, 1.82) is 5.26 Å². The Morgan fingerprint density at radius 3 is 2.65 bits per heavy atom. The smallest absolute Gasteiger partial charge is 0.254 e. The summed E-state index contributed by atoms with van der Waals surface area (Å²) in [6.07, 6.45) is 12.9. The van der Waals surface area contributed by atoms with E-state index in [-0.39, 0.29) is 12.1 Å². The van der Waals surface area contributed by atoms with Crippen LogP contribution in [0, 0.1) is 30.1 Å². The monoisotopic (exact) mass is 569 g/mol. The summed E-state index contributed by atoms with van der Waals surface area (Å²) < 4.78 is 0.892. The number of rotatable bonds is 5. The number of allylic oxidation sites excluding steroid dienone is 4. The summed E-state index contributed by atoms with van der Waals surface area (Å²) in [5.41, 5.74) is 11.6. The molecule has 2 aliphatic heterocycles. The average molecular weight is 569 g/mol. The Kier molecular flexibility index (Phi) is 7.07. The van der Waals surface area contributed by atoms with Gasteiger partial charge in [-0.15, -0.1) is 0 Å². The predicted molar refractivity (Wildman–Crippen MR) is 143 cm³/mol. The second-order valence-electron chi connectivity index (χ2n) is 9.96. The Morgan fingerprint density at radius 2 is 2.06 bits per heavy atom. The molecule has 1 saturated heterocycles. The standard InChI is InChI=1S/C27H32IN5O/c1-17-13-23(21-3-2-4-21)24(26-30-25(15-28)31-32-26)14-22(17)27(34)33-11-9-20(10-12-33)19-7-5-18(16-29)6-8-19/h5-7,13-14,19-21,25,31H,2-4,8-12,15H2,1H3,(H,30,32). The molecular weight excluding hydrogens is 537 g/mol. The third kappa shape index (κ3) is 4.67. The van der Waals surface area contributed by atoms with E-state index in [1.807, 2.05) is 17.1 Å². The van der Waals surface area contributed by atoms with Crippen molar-refractivity contribution in [2.75, 3.05) is 17.5 Å². The Bertz CT molecular complexity index is 1090. The SMILES string of the molecule is Cc1cc(C2CCC2)c(C2=NC(CI)NN2)cc1C(=O)N1CCC(C2C=CC(C#N)=CC2)CC1. The molecule has 2 unspecified atom stereocenters. The normalized spacial score (nSPS) is 25.3. The summed E-state index contributed by atoms with van der Waals surface area (Å²) in [4.78, 5) is 20.5. The van der Waals surface area contributed by atoms with Gasteiger partial charge in [-0.1, -0.05) is 47.2 Å². The summed E-state index contributed by atoms with van der Waals surface area (Å²) in [5, 5.41) is 9.06. The zero-order valence-corrected chi connectivity index (χ0v) is 21.8. The first-order valence-corrected chi connectivity index (χ1v) is 14.0. The summed E-state index contributed by atoms with van der Waals surface area (Å²) >= 11 is 2.34. The highest BCUT2D eigenvalue weighted by atomic mass is 127. The second kappa shape index (κ2) is 10.2. The number of carbonyl (C=O) groups is 1. The lowest BCUT2D eigenvalue weighted by molar-refractivity contribution is 0.0670. The number of carbonyl (C=O) groups excluding carboxylic acids is 1. The third-order valence-corrected chi connectivity index (χ3v) is 8.74. The minimum Gasteiger partial charge on any atom is -0.339 e. The zero-order chi connectivity index (χ0) is 23.7. The van der Waals surface area contributed by atoms with E-state index in [0.717, 1.165) is 64.9 Å². The zero-order valence-electron chi connectivity index (χ0n) is 19.7. The van der Waals surface area contributed by atoms with E-state index in [9.17, 15) is 4.79 Å². The van der Waals surface area contributed by atoms with E-state index >= 15 is 0 Å². The number of aryl methyl sites for hydroxylation is 1. The maximum absolute atomic E-state index is 13.6. The number of likely N-dealkylation sites (tertiary alicyclic amines) is 1. The lowest BCUT2D eigenvalue weighted by Crippen LogP contribution is -2.40. The first kappa shape index (κ1) is 23.6. The van der Waals surface area contributed by atoms with Crippen LogP contribution in [0.4, 0.5) is 0 Å². The number of amidine groups is 1. The predicted octanol–water partition coefficient (Wildman–Crippen LogP) is 4.76. The molecule has 1 saturated carbocycles. The highest BCUT2D eigenvalue weighted by Crippen LogP contribution is 2.40. The van der Waals surface area contributed by atoms with Crippen LogP contribution in [0.1, 0.15) is 71.5 Å². The van der Waals surface area contributed by atoms with Crippen LogP contribution >= 0.6 is 22.6 Å². The molecule has 6 nitrogen and oxygen atoms in total. The molecule has 2 N–H and O–H groups in total. The van der Waals surface area contributed by atoms with E-state index in [0.29, 0.717) is 17.8 Å². The topological polar surface area (TPSA) is 80.5 Å². The summed E-state index contributed by atoms with van der Waals surface area (Å²) in [6, 6.07) is 6.56. The van der Waals surface area contributed by atoms with Crippen molar-refractivity contribution in [1.82, 2.24) is 15.8 Å². The molecule has 0 spiro atoms. The van der Waals surface area contributed by atoms with Gasteiger partial charge in [0.1, 0.15) is 12.0 Å². The lowest BCUT2D eigenvalue weighted by Gasteiger charge is -2.36. The van der Waals surface area contributed by atoms with E-state index in [1.165, 1.54) is 24.8 Å². The number of hydrazine groups is 1. The molecule has 2 aliphatic carbocycles. The molecular formula is C27H32IN5O. The molecule has 1 amide bonds. The van der Waals surface area contributed by atoms with Gasteiger partial charge in [-0.2, -0.15) is 5.26 Å². The molecule has 4 aliphatic rings. The fraction of sp³-hybridized carbons (Fsp3) is 0.519. The van der Waals surface area contributed by atoms with Gasteiger partial charge in [0, 0.05) is 34.2 Å². The maximum atomic E-state index is 13.6. The van der Waals surface area contributed by atoms with Crippen molar-refractivity contribution in [3.8, 4) is 6.07 Å². The highest BCUT2D eigenvalue weighted by Gasteiger charge is 2.31. The number of amides is 1. The maximum Gasteiger partial charge on any atom is 0.254 e. The number of benzene rings is 1. The van der Waals surface area contributed by atoms with Crippen molar-refractivity contribution < 1.29 is 4.79 Å². The van der Waals surface area contributed by atoms with Crippen LogP contribution < -0.4 is 10.9 Å². The largest absolute Gasteiger partial charge is 0.339 e. The number of nitrogens with zero attached hydrogens (tertiary/aromatic N) is 3. The number of nitriles is 1. The molecule has 2 heterocycles. The Balaban J connectivity index is 1.32. The molecule has 178 valence electrons. The van der Waals surface area contributed by atoms with Gasteiger partial charge < -0.3 is 10.3 Å². The van der Waals surface area contributed by atoms with Crippen LogP contribution in [-0.4, -0.2) is 40.3 Å². The van der Waals surface area contributed by atoms with Crippen molar-refractivity contribution in [3.05, 3.63) is 58.2 Å². The van der Waals surface area contributed by atoms with E-state index in [2.05, 4.69) is 64.6 Å². The van der Waals surface area contributed by atoms with E-state index in [4.69, 9.17) is 10.3 Å². The van der Waals surface area contributed by atoms with Crippen LogP contribution in [0.25, 0.3) is 0 Å². The summed E-state index contributed by atoms with van der Waals surface area (Å²) in [5.74, 6) is 2.62. The number of piperidine rings is 1. The number of aliphatic imine (C=N–C) groups is 1. The molecule has 1 aromatic carbocycles. The summed E-state index contributed by atoms with van der Waals surface area (Å²) in [6.45, 7) is 3.66. The minimum atomic E-state index is 0.0669. The molecule has 34 heavy (non-hydrogen) atoms. The van der Waals surface area contributed by atoms with E-state index in [1.54, 1.807) is 0 Å². The lowest BCUT2D eigenvalue weighted by atomic mass is 9.76. The Hall–Kier alpha value is -2.18. The molecule has 0 radical (unpaired) electrons. The van der Waals surface area contributed by atoms with Gasteiger partial charge in [0.25, 0.3) is 5.91 Å². The van der Waals surface area contributed by atoms with Crippen molar-refractivity contribution in [2.45, 2.75) is 57.5 Å². The first-order valence-electron chi connectivity index (χ1n) is 12.4. The molecule has 2 atom stereocenters. The number of nitrogens with one attached hydrogen (secondary N) is 2. The minimum absolute atomic E-state index is 0.0669. The Labute approximate surface area is 215 Å². The van der Waals surface area contributed by atoms with Gasteiger partial charge in [-0.3, -0.25) is 4.79 Å². The van der Waals surface area contributed by atoms with Gasteiger partial charge in [0.05, 0.1) is 6.07 Å². The second-order valence-corrected chi connectivity index (χ2v) is 10.8. The van der Waals surface area contributed by atoms with Gasteiger partial charge in [0.15, 0.2) is 0 Å². The van der Waals surface area contributed by atoms with Crippen LogP contribution in [0.3, 0.4) is 0 Å². The number of hydrogen-bond acceptors (Lipinski definition) is 5. The van der Waals surface area contributed by atoms with Crippen molar-refractivity contribution >= 4 is 34.3 Å². The van der Waals surface area contributed by atoms with Gasteiger partial charge in [-0.25, -0.2) is 10.4 Å². The summed E-state index contributed by atoms with van der Waals surface area (Å²) in [7, 11) is 0. The Morgan fingerprint density at radius 1 is 1.26 bits per heavy atom.